The average molecular weight is 328 g/mol. The van der Waals surface area contributed by atoms with Crippen LogP contribution >= 0.6 is 11.6 Å². The fourth-order valence-electron chi connectivity index (χ4n) is 2.07. The molecular weight excluding hydrogens is 307 g/mol. The first-order valence-electron chi connectivity index (χ1n) is 6.99. The van der Waals surface area contributed by atoms with Gasteiger partial charge in [0.05, 0.1) is 28.5 Å². The standard InChI is InChI=1S/C15H20BClFNO3/c1-14(2)15(3,4)22-16(21-14)10(8-20)7-9-5-6-11(19)13(18)12(9)17/h5-7,20H,8,19H2,1-4H3. The molecule has 120 valence electrons. The van der Waals surface area contributed by atoms with Crippen LogP contribution in [0.5, 0.6) is 0 Å². The Bertz CT molecular complexity index is 603. The Morgan fingerprint density at radius 1 is 1.32 bits per heavy atom. The van der Waals surface area contributed by atoms with Crippen molar-refractivity contribution in [3.63, 3.8) is 0 Å². The summed E-state index contributed by atoms with van der Waals surface area (Å²) >= 11 is 5.96. The molecule has 1 aliphatic heterocycles. The second kappa shape index (κ2) is 5.85. The number of nitrogens with two attached hydrogens (primary N) is 1. The molecule has 0 amide bonds. The van der Waals surface area contributed by atoms with Crippen molar-refractivity contribution in [1.82, 2.24) is 0 Å². The van der Waals surface area contributed by atoms with E-state index in [9.17, 15) is 9.50 Å². The molecule has 0 bridgehead atoms. The van der Waals surface area contributed by atoms with Crippen molar-refractivity contribution >= 4 is 30.5 Å². The SMILES string of the molecule is CC1(C)OB(C(=Cc2ccc(N)c(F)c2Cl)CO)OC1(C)C. The lowest BCUT2D eigenvalue weighted by Gasteiger charge is -2.32. The van der Waals surface area contributed by atoms with Gasteiger partial charge in [-0.3, -0.25) is 0 Å². The van der Waals surface area contributed by atoms with Gasteiger partial charge in [0.25, 0.3) is 0 Å². The highest BCUT2D eigenvalue weighted by atomic mass is 35.5. The van der Waals surface area contributed by atoms with Crippen LogP contribution in [0.25, 0.3) is 6.08 Å². The largest absolute Gasteiger partial charge is 0.492 e. The molecule has 7 heteroatoms. The molecule has 1 saturated heterocycles. The van der Waals surface area contributed by atoms with Crippen molar-refractivity contribution in [2.75, 3.05) is 12.3 Å². The zero-order valence-electron chi connectivity index (χ0n) is 13.1. The number of nitrogen functional groups attached to an aromatic ring is 1. The van der Waals surface area contributed by atoms with Crippen molar-refractivity contribution < 1.29 is 18.8 Å². The number of hydrogen-bond donors (Lipinski definition) is 2. The number of aliphatic hydroxyl groups excluding tert-OH is 1. The van der Waals surface area contributed by atoms with Crippen molar-refractivity contribution in [3.05, 3.63) is 34.0 Å². The number of anilines is 1. The molecule has 0 spiro atoms. The van der Waals surface area contributed by atoms with Gasteiger partial charge >= 0.3 is 7.12 Å². The van der Waals surface area contributed by atoms with Gasteiger partial charge in [-0.15, -0.1) is 0 Å². The van der Waals surface area contributed by atoms with E-state index in [2.05, 4.69) is 0 Å². The summed E-state index contributed by atoms with van der Waals surface area (Å²) in [7, 11) is -0.716. The van der Waals surface area contributed by atoms with Crippen LogP contribution in [0.1, 0.15) is 33.3 Å². The Balaban J connectivity index is 2.36. The normalized spacial score (nSPS) is 20.5. The summed E-state index contributed by atoms with van der Waals surface area (Å²) in [6.07, 6.45) is 1.56. The minimum Gasteiger partial charge on any atom is -0.400 e. The average Bonchev–Trinajstić information content (AvgIpc) is 2.64. The molecule has 2 rings (SSSR count). The molecule has 1 aliphatic rings. The topological polar surface area (TPSA) is 64.7 Å². The molecule has 1 heterocycles. The van der Waals surface area contributed by atoms with Gasteiger partial charge in [-0.05, 0) is 44.8 Å². The highest BCUT2D eigenvalue weighted by molar-refractivity contribution is 6.56. The van der Waals surface area contributed by atoms with E-state index >= 15 is 0 Å². The van der Waals surface area contributed by atoms with Gasteiger partial charge < -0.3 is 20.1 Å². The molecule has 0 unspecified atom stereocenters. The fraction of sp³-hybridized carbons (Fsp3) is 0.467. The molecule has 1 aromatic carbocycles. The maximum atomic E-state index is 13.8. The van der Waals surface area contributed by atoms with E-state index in [1.165, 1.54) is 6.07 Å². The molecular formula is C15H20BClFNO3. The van der Waals surface area contributed by atoms with Crippen LogP contribution < -0.4 is 5.73 Å². The minimum absolute atomic E-state index is 0.0247. The molecule has 4 nitrogen and oxygen atoms in total. The summed E-state index contributed by atoms with van der Waals surface area (Å²) in [6.45, 7) is 7.37. The summed E-state index contributed by atoms with van der Waals surface area (Å²) in [5, 5.41) is 9.52. The third kappa shape index (κ3) is 3.01. The summed E-state index contributed by atoms with van der Waals surface area (Å²) in [5.41, 5.74) is 5.26. The summed E-state index contributed by atoms with van der Waals surface area (Å²) in [6, 6.07) is 3.01. The Hall–Kier alpha value is -1.08. The minimum atomic E-state index is -0.716. The predicted octanol–water partition coefficient (Wildman–Crippen LogP) is 3.07. The number of rotatable bonds is 3. The predicted molar refractivity (Wildman–Crippen MR) is 87.0 cm³/mol. The van der Waals surface area contributed by atoms with Crippen LogP contribution in [0, 0.1) is 5.82 Å². The van der Waals surface area contributed by atoms with E-state index in [1.807, 2.05) is 27.7 Å². The van der Waals surface area contributed by atoms with Crippen LogP contribution in [0.15, 0.2) is 17.6 Å². The van der Waals surface area contributed by atoms with Gasteiger partial charge in [0, 0.05) is 0 Å². The fourth-order valence-corrected chi connectivity index (χ4v) is 2.30. The number of halogens is 2. The van der Waals surface area contributed by atoms with Crippen LogP contribution in [-0.4, -0.2) is 30.0 Å². The summed E-state index contributed by atoms with van der Waals surface area (Å²) in [4.78, 5) is 0. The van der Waals surface area contributed by atoms with Gasteiger partial charge in [0.15, 0.2) is 5.82 Å². The maximum Gasteiger partial charge on any atom is 0.492 e. The van der Waals surface area contributed by atoms with Crippen LogP contribution in [0.2, 0.25) is 5.02 Å². The number of hydrogen-bond acceptors (Lipinski definition) is 4. The molecule has 0 radical (unpaired) electrons. The molecule has 0 aliphatic carbocycles. The number of aliphatic hydroxyl groups is 1. The first-order valence-corrected chi connectivity index (χ1v) is 7.37. The highest BCUT2D eigenvalue weighted by Gasteiger charge is 2.52. The highest BCUT2D eigenvalue weighted by Crippen LogP contribution is 2.39. The van der Waals surface area contributed by atoms with Crippen molar-refractivity contribution in [3.8, 4) is 0 Å². The first-order chi connectivity index (χ1) is 10.1. The maximum absolute atomic E-state index is 13.8. The Morgan fingerprint density at radius 2 is 1.86 bits per heavy atom. The van der Waals surface area contributed by atoms with Gasteiger partial charge in [-0.2, -0.15) is 0 Å². The van der Waals surface area contributed by atoms with E-state index in [4.69, 9.17) is 26.6 Å². The Kier molecular flexibility index (Phi) is 4.60. The zero-order chi connectivity index (χ0) is 16.7. The molecule has 1 aromatic rings. The van der Waals surface area contributed by atoms with Crippen LogP contribution in [-0.2, 0) is 9.31 Å². The second-order valence-electron chi connectivity index (χ2n) is 6.34. The molecule has 3 N–H and O–H groups in total. The summed E-state index contributed by atoms with van der Waals surface area (Å²) in [5.74, 6) is -0.679. The third-order valence-corrected chi connectivity index (χ3v) is 4.61. The van der Waals surface area contributed by atoms with E-state index < -0.39 is 24.1 Å². The van der Waals surface area contributed by atoms with E-state index in [0.717, 1.165) is 0 Å². The van der Waals surface area contributed by atoms with Crippen LogP contribution in [0.4, 0.5) is 10.1 Å². The van der Waals surface area contributed by atoms with Gasteiger partial charge in [0.1, 0.15) is 0 Å². The lowest BCUT2D eigenvalue weighted by Crippen LogP contribution is -2.41. The van der Waals surface area contributed by atoms with E-state index in [1.54, 1.807) is 12.1 Å². The Morgan fingerprint density at radius 3 is 2.36 bits per heavy atom. The lowest BCUT2D eigenvalue weighted by molar-refractivity contribution is 0.00578. The zero-order valence-corrected chi connectivity index (χ0v) is 13.9. The van der Waals surface area contributed by atoms with Gasteiger partial charge in [0.2, 0.25) is 0 Å². The van der Waals surface area contributed by atoms with Gasteiger partial charge in [-0.1, -0.05) is 23.7 Å². The monoisotopic (exact) mass is 327 g/mol. The summed E-state index contributed by atoms with van der Waals surface area (Å²) < 4.78 is 25.5. The number of benzene rings is 1. The third-order valence-electron chi connectivity index (χ3n) is 4.22. The molecule has 1 fully saturated rings. The van der Waals surface area contributed by atoms with Gasteiger partial charge in [-0.25, -0.2) is 4.39 Å². The lowest BCUT2D eigenvalue weighted by atomic mass is 9.77. The molecule has 0 saturated carbocycles. The molecule has 0 aromatic heterocycles. The van der Waals surface area contributed by atoms with Crippen LogP contribution in [0.3, 0.4) is 0 Å². The van der Waals surface area contributed by atoms with Crippen molar-refractivity contribution in [2.24, 2.45) is 0 Å². The smallest absolute Gasteiger partial charge is 0.400 e. The first kappa shape index (κ1) is 17.3. The van der Waals surface area contributed by atoms with E-state index in [0.29, 0.717) is 11.0 Å². The Labute approximate surface area is 135 Å². The van der Waals surface area contributed by atoms with Crippen molar-refractivity contribution in [1.29, 1.82) is 0 Å². The second-order valence-corrected chi connectivity index (χ2v) is 6.72. The van der Waals surface area contributed by atoms with Crippen molar-refractivity contribution in [2.45, 2.75) is 38.9 Å². The molecule has 0 atom stereocenters. The van der Waals surface area contributed by atoms with E-state index in [-0.39, 0.29) is 17.3 Å². The quantitative estimate of drug-likeness (QED) is 0.661. The molecule has 22 heavy (non-hydrogen) atoms.